The molecular weight excluding hydrogens is 352 g/mol. The topological polar surface area (TPSA) is 65.5 Å². The van der Waals surface area contributed by atoms with Gasteiger partial charge in [-0.25, -0.2) is 0 Å². The van der Waals surface area contributed by atoms with Gasteiger partial charge in [0.15, 0.2) is 0 Å². The summed E-state index contributed by atoms with van der Waals surface area (Å²) in [7, 11) is 0. The van der Waals surface area contributed by atoms with Gasteiger partial charge in [0, 0.05) is 50.2 Å². The molecule has 0 bridgehead atoms. The van der Waals surface area contributed by atoms with Crippen LogP contribution in [-0.2, 0) is 0 Å². The van der Waals surface area contributed by atoms with Gasteiger partial charge in [0.2, 0.25) is 0 Å². The van der Waals surface area contributed by atoms with Gasteiger partial charge >= 0.3 is 0 Å². The minimum atomic E-state index is -0.151. The number of hydrogen-bond acceptors (Lipinski definition) is 4. The molecule has 1 saturated heterocycles. The summed E-state index contributed by atoms with van der Waals surface area (Å²) in [5, 5.41) is 2.91. The van der Waals surface area contributed by atoms with Gasteiger partial charge in [-0.2, -0.15) is 0 Å². The number of nitrogens with zero attached hydrogens (tertiary/aromatic N) is 3. The van der Waals surface area contributed by atoms with E-state index >= 15 is 0 Å². The molecule has 148 valence electrons. The summed E-state index contributed by atoms with van der Waals surface area (Å²) in [6, 6.07) is 13.5. The first-order valence-corrected chi connectivity index (χ1v) is 10.0. The molecule has 0 unspecified atom stereocenters. The Labute approximate surface area is 166 Å². The van der Waals surface area contributed by atoms with Gasteiger partial charge in [-0.1, -0.05) is 38.0 Å². The molecule has 28 heavy (non-hydrogen) atoms. The first-order valence-electron chi connectivity index (χ1n) is 10.0. The van der Waals surface area contributed by atoms with Gasteiger partial charge in [-0.05, 0) is 30.7 Å². The first kappa shape index (κ1) is 19.9. The molecule has 0 aliphatic carbocycles. The highest BCUT2D eigenvalue weighted by atomic mass is 16.2. The average Bonchev–Trinajstić information content (AvgIpc) is 2.77. The zero-order valence-electron chi connectivity index (χ0n) is 16.4. The van der Waals surface area contributed by atoms with Crippen LogP contribution in [0.3, 0.4) is 0 Å². The Bertz CT molecular complexity index is 786. The van der Waals surface area contributed by atoms with E-state index < -0.39 is 0 Å². The molecule has 1 fully saturated rings. The Morgan fingerprint density at radius 3 is 2.50 bits per heavy atom. The third-order valence-electron chi connectivity index (χ3n) is 5.00. The van der Waals surface area contributed by atoms with Crippen LogP contribution in [0.25, 0.3) is 0 Å². The van der Waals surface area contributed by atoms with E-state index in [2.05, 4.69) is 34.3 Å². The number of hydrogen-bond donors (Lipinski definition) is 1. The largest absolute Gasteiger partial charge is 0.368 e. The van der Waals surface area contributed by atoms with Crippen LogP contribution in [0.1, 0.15) is 47.0 Å². The smallest absolute Gasteiger partial charge is 0.272 e. The highest BCUT2D eigenvalue weighted by Crippen LogP contribution is 2.16. The maximum Gasteiger partial charge on any atom is 0.272 e. The number of amides is 2. The van der Waals surface area contributed by atoms with Gasteiger partial charge < -0.3 is 15.1 Å². The third-order valence-corrected chi connectivity index (χ3v) is 5.00. The van der Waals surface area contributed by atoms with Crippen LogP contribution in [0, 0.1) is 0 Å². The Hall–Kier alpha value is -2.89. The third kappa shape index (κ3) is 5.09. The summed E-state index contributed by atoms with van der Waals surface area (Å²) in [5.41, 5.74) is 1.99. The van der Waals surface area contributed by atoms with Crippen molar-refractivity contribution >= 4 is 17.5 Å². The lowest BCUT2D eigenvalue weighted by Gasteiger charge is -2.36. The number of piperazine rings is 1. The second-order valence-corrected chi connectivity index (χ2v) is 7.01. The van der Waals surface area contributed by atoms with E-state index in [1.165, 1.54) is 11.9 Å². The molecule has 1 aromatic heterocycles. The van der Waals surface area contributed by atoms with Gasteiger partial charge in [-0.3, -0.25) is 14.6 Å². The number of carbonyl (C=O) groups is 2. The van der Waals surface area contributed by atoms with E-state index in [1.807, 2.05) is 23.1 Å². The molecule has 2 amide bonds. The minimum Gasteiger partial charge on any atom is -0.368 e. The van der Waals surface area contributed by atoms with Crippen molar-refractivity contribution in [3.8, 4) is 0 Å². The second-order valence-electron chi connectivity index (χ2n) is 7.01. The fourth-order valence-electron chi connectivity index (χ4n) is 3.34. The van der Waals surface area contributed by atoms with Gasteiger partial charge in [-0.15, -0.1) is 0 Å². The van der Waals surface area contributed by atoms with Crippen LogP contribution in [0.4, 0.5) is 5.69 Å². The summed E-state index contributed by atoms with van der Waals surface area (Å²) in [6.45, 7) is 5.63. The lowest BCUT2D eigenvalue weighted by Crippen LogP contribution is -2.49. The Morgan fingerprint density at radius 2 is 1.79 bits per heavy atom. The summed E-state index contributed by atoms with van der Waals surface area (Å²) in [4.78, 5) is 33.4. The summed E-state index contributed by atoms with van der Waals surface area (Å²) >= 11 is 0. The highest BCUT2D eigenvalue weighted by molar-refractivity contribution is 5.98. The lowest BCUT2D eigenvalue weighted by molar-refractivity contribution is 0.0741. The van der Waals surface area contributed by atoms with Crippen LogP contribution in [0.2, 0.25) is 0 Å². The molecule has 3 rings (SSSR count). The van der Waals surface area contributed by atoms with Crippen molar-refractivity contribution in [2.45, 2.75) is 26.2 Å². The Kier molecular flexibility index (Phi) is 7.00. The lowest BCUT2D eigenvalue weighted by atomic mass is 10.1. The van der Waals surface area contributed by atoms with Gasteiger partial charge in [0.05, 0.1) is 0 Å². The van der Waals surface area contributed by atoms with Crippen molar-refractivity contribution in [3.05, 3.63) is 59.9 Å². The molecule has 1 aromatic carbocycles. The van der Waals surface area contributed by atoms with E-state index in [1.54, 1.807) is 12.1 Å². The van der Waals surface area contributed by atoms with Gasteiger partial charge in [0.25, 0.3) is 11.8 Å². The van der Waals surface area contributed by atoms with E-state index in [-0.39, 0.29) is 11.8 Å². The molecule has 1 aliphatic heterocycles. The van der Waals surface area contributed by atoms with Gasteiger partial charge in [0.1, 0.15) is 5.69 Å². The quantitative estimate of drug-likeness (QED) is 0.750. The molecule has 1 N–H and O–H groups in total. The Balaban J connectivity index is 1.57. The minimum absolute atomic E-state index is 0.117. The summed E-state index contributed by atoms with van der Waals surface area (Å²) < 4.78 is 0. The number of benzene rings is 1. The van der Waals surface area contributed by atoms with E-state index in [0.29, 0.717) is 30.9 Å². The number of pyridine rings is 1. The standard InChI is InChI=1S/C22H28N4O2/c1-2-3-7-11-24-21(27)18-10-12-23-20(17-18)22(28)26-15-13-25(14-16-26)19-8-5-4-6-9-19/h4-6,8-10,12,17H,2-3,7,11,13-16H2,1H3,(H,24,27). The molecule has 6 heteroatoms. The zero-order valence-corrected chi connectivity index (χ0v) is 16.4. The number of carbonyl (C=O) groups excluding carboxylic acids is 2. The predicted molar refractivity (Wildman–Crippen MR) is 111 cm³/mol. The number of anilines is 1. The number of nitrogens with one attached hydrogen (secondary N) is 1. The van der Waals surface area contributed by atoms with E-state index in [9.17, 15) is 9.59 Å². The number of aromatic nitrogens is 1. The van der Waals surface area contributed by atoms with Crippen LogP contribution in [-0.4, -0.2) is 54.4 Å². The molecular formula is C22H28N4O2. The monoisotopic (exact) mass is 380 g/mol. The van der Waals surface area contributed by atoms with Crippen LogP contribution < -0.4 is 10.2 Å². The number of unbranched alkanes of at least 4 members (excludes halogenated alkanes) is 2. The van der Waals surface area contributed by atoms with E-state index in [0.717, 1.165) is 32.4 Å². The molecule has 0 spiro atoms. The summed E-state index contributed by atoms with van der Waals surface area (Å²) in [6.07, 6.45) is 4.70. The number of para-hydroxylation sites is 1. The van der Waals surface area contributed by atoms with Crippen LogP contribution >= 0.6 is 0 Å². The molecule has 1 aliphatic rings. The molecule has 6 nitrogen and oxygen atoms in total. The van der Waals surface area contributed by atoms with Crippen molar-refractivity contribution in [3.63, 3.8) is 0 Å². The molecule has 0 saturated carbocycles. The average molecular weight is 380 g/mol. The zero-order chi connectivity index (χ0) is 19.8. The molecule has 0 radical (unpaired) electrons. The molecule has 2 heterocycles. The van der Waals surface area contributed by atoms with E-state index in [4.69, 9.17) is 0 Å². The van der Waals surface area contributed by atoms with Crippen molar-refractivity contribution in [2.75, 3.05) is 37.6 Å². The van der Waals surface area contributed by atoms with Crippen molar-refractivity contribution in [1.82, 2.24) is 15.2 Å². The van der Waals surface area contributed by atoms with Crippen molar-refractivity contribution < 1.29 is 9.59 Å². The molecule has 0 atom stereocenters. The maximum atomic E-state index is 12.8. The SMILES string of the molecule is CCCCCNC(=O)c1ccnc(C(=O)N2CCN(c3ccccc3)CC2)c1. The normalized spacial score (nSPS) is 14.0. The highest BCUT2D eigenvalue weighted by Gasteiger charge is 2.23. The fourth-order valence-corrected chi connectivity index (χ4v) is 3.34. The Morgan fingerprint density at radius 1 is 1.04 bits per heavy atom. The predicted octanol–water partition coefficient (Wildman–Crippen LogP) is 2.96. The summed E-state index contributed by atoms with van der Waals surface area (Å²) in [5.74, 6) is -0.269. The maximum absolute atomic E-state index is 12.8. The van der Waals surface area contributed by atoms with Crippen molar-refractivity contribution in [1.29, 1.82) is 0 Å². The van der Waals surface area contributed by atoms with Crippen molar-refractivity contribution in [2.24, 2.45) is 0 Å². The second kappa shape index (κ2) is 9.88. The molecule has 2 aromatic rings. The fraction of sp³-hybridized carbons (Fsp3) is 0.409. The van der Waals surface area contributed by atoms with Crippen LogP contribution in [0.5, 0.6) is 0 Å². The number of rotatable bonds is 7. The van der Waals surface area contributed by atoms with Crippen LogP contribution in [0.15, 0.2) is 48.7 Å². The first-order chi connectivity index (χ1) is 13.7.